The molecule has 3 atom stereocenters. The van der Waals surface area contributed by atoms with Gasteiger partial charge in [-0.1, -0.05) is 26.2 Å². The first-order chi connectivity index (χ1) is 6.25. The average Bonchev–Trinajstić information content (AvgIpc) is 2.31. The van der Waals surface area contributed by atoms with Crippen molar-refractivity contribution in [2.24, 2.45) is 23.5 Å². The van der Waals surface area contributed by atoms with Crippen molar-refractivity contribution in [2.45, 2.75) is 57.9 Å². The number of rotatable bonds is 3. The summed E-state index contributed by atoms with van der Waals surface area (Å²) in [6, 6.07) is 0.526. The van der Waals surface area contributed by atoms with Gasteiger partial charge in [0.25, 0.3) is 0 Å². The molecule has 0 aromatic carbocycles. The van der Waals surface area contributed by atoms with Crippen LogP contribution in [0.2, 0.25) is 0 Å². The van der Waals surface area contributed by atoms with Crippen LogP contribution in [0.5, 0.6) is 0 Å². The molecule has 1 heteroatoms. The molecule has 0 aromatic heterocycles. The first-order valence-electron chi connectivity index (χ1n) is 6.01. The van der Waals surface area contributed by atoms with E-state index >= 15 is 0 Å². The smallest absolute Gasteiger partial charge is 0.00415 e. The monoisotopic (exact) mass is 181 g/mol. The Labute approximate surface area is 82.1 Å². The fourth-order valence-corrected chi connectivity index (χ4v) is 3.05. The van der Waals surface area contributed by atoms with Crippen molar-refractivity contribution in [3.05, 3.63) is 0 Å². The van der Waals surface area contributed by atoms with E-state index in [4.69, 9.17) is 5.73 Å². The van der Waals surface area contributed by atoms with E-state index in [1.165, 1.54) is 44.9 Å². The summed E-state index contributed by atoms with van der Waals surface area (Å²) in [6.45, 7) is 2.45. The van der Waals surface area contributed by atoms with Gasteiger partial charge < -0.3 is 5.73 Å². The van der Waals surface area contributed by atoms with Crippen LogP contribution in [0.4, 0.5) is 0 Å². The molecule has 0 radical (unpaired) electrons. The van der Waals surface area contributed by atoms with Crippen LogP contribution >= 0.6 is 0 Å². The molecule has 0 bridgehead atoms. The van der Waals surface area contributed by atoms with E-state index in [2.05, 4.69) is 6.92 Å². The van der Waals surface area contributed by atoms with E-state index in [1.807, 2.05) is 0 Å². The second-order valence-electron chi connectivity index (χ2n) is 5.34. The quantitative estimate of drug-likeness (QED) is 0.711. The van der Waals surface area contributed by atoms with Crippen molar-refractivity contribution in [3.63, 3.8) is 0 Å². The minimum Gasteiger partial charge on any atom is -0.328 e. The summed E-state index contributed by atoms with van der Waals surface area (Å²) in [6.07, 6.45) is 9.93. The summed E-state index contributed by atoms with van der Waals surface area (Å²) in [5, 5.41) is 0. The van der Waals surface area contributed by atoms with Crippen LogP contribution in [0.15, 0.2) is 0 Å². The van der Waals surface area contributed by atoms with Gasteiger partial charge in [0.1, 0.15) is 0 Å². The third-order valence-electron chi connectivity index (χ3n) is 4.24. The van der Waals surface area contributed by atoms with Crippen LogP contribution in [-0.2, 0) is 0 Å². The molecule has 0 heterocycles. The van der Waals surface area contributed by atoms with E-state index in [-0.39, 0.29) is 0 Å². The highest BCUT2D eigenvalue weighted by molar-refractivity contribution is 4.82. The molecular formula is C12H23N. The lowest BCUT2D eigenvalue weighted by Gasteiger charge is -2.32. The van der Waals surface area contributed by atoms with Crippen molar-refractivity contribution in [1.82, 2.24) is 0 Å². The predicted octanol–water partition coefficient (Wildman–Crippen LogP) is 2.94. The number of nitrogens with two attached hydrogens (primary N) is 1. The van der Waals surface area contributed by atoms with Gasteiger partial charge in [-0.3, -0.25) is 0 Å². The minimum atomic E-state index is 0.526. The Kier molecular flexibility index (Phi) is 2.92. The Morgan fingerprint density at radius 1 is 1.23 bits per heavy atom. The molecule has 0 aromatic rings. The Balaban J connectivity index is 1.71. The topological polar surface area (TPSA) is 26.0 Å². The highest BCUT2D eigenvalue weighted by atomic mass is 14.6. The van der Waals surface area contributed by atoms with Crippen molar-refractivity contribution < 1.29 is 0 Å². The van der Waals surface area contributed by atoms with Gasteiger partial charge in [-0.15, -0.1) is 0 Å². The second kappa shape index (κ2) is 4.00. The van der Waals surface area contributed by atoms with Gasteiger partial charge in [0, 0.05) is 6.04 Å². The molecule has 0 spiro atoms. The molecule has 2 saturated carbocycles. The van der Waals surface area contributed by atoms with Gasteiger partial charge in [-0.2, -0.15) is 0 Å². The minimum absolute atomic E-state index is 0.526. The molecule has 76 valence electrons. The normalized spacial score (nSPS) is 37.4. The lowest BCUT2D eigenvalue weighted by Crippen LogP contribution is -2.22. The zero-order valence-electron chi connectivity index (χ0n) is 8.84. The van der Waals surface area contributed by atoms with Crippen molar-refractivity contribution in [2.75, 3.05) is 0 Å². The maximum Gasteiger partial charge on any atom is 0.00415 e. The molecule has 0 saturated heterocycles. The Morgan fingerprint density at radius 2 is 2.00 bits per heavy atom. The molecule has 2 aliphatic carbocycles. The summed E-state index contributed by atoms with van der Waals surface area (Å²) in [4.78, 5) is 0. The standard InChI is InChI=1S/C12H23N/c1-9(11-3-2-4-11)7-10-5-6-12(13)8-10/h9-12H,2-8,13H2,1H3. The summed E-state index contributed by atoms with van der Waals surface area (Å²) >= 11 is 0. The Morgan fingerprint density at radius 3 is 2.46 bits per heavy atom. The number of hydrogen-bond donors (Lipinski definition) is 1. The van der Waals surface area contributed by atoms with Crippen LogP contribution in [0.3, 0.4) is 0 Å². The maximum atomic E-state index is 5.92. The molecule has 2 N–H and O–H groups in total. The number of hydrogen-bond acceptors (Lipinski definition) is 1. The largest absolute Gasteiger partial charge is 0.328 e. The van der Waals surface area contributed by atoms with E-state index < -0.39 is 0 Å². The fraction of sp³-hybridized carbons (Fsp3) is 1.00. The van der Waals surface area contributed by atoms with Crippen LogP contribution < -0.4 is 5.73 Å². The van der Waals surface area contributed by atoms with Gasteiger partial charge in [-0.25, -0.2) is 0 Å². The van der Waals surface area contributed by atoms with Crippen molar-refractivity contribution in [3.8, 4) is 0 Å². The van der Waals surface area contributed by atoms with Crippen LogP contribution in [0.1, 0.15) is 51.9 Å². The third-order valence-corrected chi connectivity index (χ3v) is 4.24. The summed E-state index contributed by atoms with van der Waals surface area (Å²) in [7, 11) is 0. The predicted molar refractivity (Wildman–Crippen MR) is 56.4 cm³/mol. The maximum absolute atomic E-state index is 5.92. The molecule has 1 nitrogen and oxygen atoms in total. The molecule has 0 aliphatic heterocycles. The fourth-order valence-electron chi connectivity index (χ4n) is 3.05. The van der Waals surface area contributed by atoms with Crippen molar-refractivity contribution in [1.29, 1.82) is 0 Å². The molecule has 2 fully saturated rings. The van der Waals surface area contributed by atoms with Gasteiger partial charge in [-0.05, 0) is 43.4 Å². The summed E-state index contributed by atoms with van der Waals surface area (Å²) in [5.74, 6) is 3.01. The van der Waals surface area contributed by atoms with E-state index in [1.54, 1.807) is 0 Å². The van der Waals surface area contributed by atoms with Gasteiger partial charge >= 0.3 is 0 Å². The van der Waals surface area contributed by atoms with Crippen LogP contribution in [-0.4, -0.2) is 6.04 Å². The van der Waals surface area contributed by atoms with E-state index in [0.717, 1.165) is 17.8 Å². The van der Waals surface area contributed by atoms with Gasteiger partial charge in [0.05, 0.1) is 0 Å². The Bertz CT molecular complexity index is 163. The van der Waals surface area contributed by atoms with Crippen molar-refractivity contribution >= 4 is 0 Å². The Hall–Kier alpha value is -0.0400. The zero-order chi connectivity index (χ0) is 9.26. The highest BCUT2D eigenvalue weighted by Gasteiger charge is 2.28. The molecule has 0 amide bonds. The molecular weight excluding hydrogens is 158 g/mol. The van der Waals surface area contributed by atoms with E-state index in [9.17, 15) is 0 Å². The lowest BCUT2D eigenvalue weighted by atomic mass is 9.73. The first-order valence-corrected chi connectivity index (χ1v) is 6.01. The first kappa shape index (κ1) is 9.51. The summed E-state index contributed by atoms with van der Waals surface area (Å²) in [5.41, 5.74) is 5.92. The third kappa shape index (κ3) is 2.25. The van der Waals surface area contributed by atoms with Gasteiger partial charge in [0.15, 0.2) is 0 Å². The van der Waals surface area contributed by atoms with Crippen LogP contribution in [0, 0.1) is 17.8 Å². The SMILES string of the molecule is CC(CC1CCC(N)C1)C1CCC1. The zero-order valence-corrected chi connectivity index (χ0v) is 8.84. The van der Waals surface area contributed by atoms with E-state index in [0.29, 0.717) is 6.04 Å². The highest BCUT2D eigenvalue weighted by Crippen LogP contribution is 2.39. The molecule has 13 heavy (non-hydrogen) atoms. The molecule has 2 aliphatic rings. The molecule has 3 unspecified atom stereocenters. The summed E-state index contributed by atoms with van der Waals surface area (Å²) < 4.78 is 0. The average molecular weight is 181 g/mol. The van der Waals surface area contributed by atoms with Crippen LogP contribution in [0.25, 0.3) is 0 Å². The van der Waals surface area contributed by atoms with Gasteiger partial charge in [0.2, 0.25) is 0 Å². The molecule has 2 rings (SSSR count). The second-order valence-corrected chi connectivity index (χ2v) is 5.34. The lowest BCUT2D eigenvalue weighted by molar-refractivity contribution is 0.189.